The Morgan fingerprint density at radius 1 is 1.47 bits per heavy atom. The maximum atomic E-state index is 6.26. The minimum atomic E-state index is -0.194. The second kappa shape index (κ2) is 5.87. The summed E-state index contributed by atoms with van der Waals surface area (Å²) in [7, 11) is 0. The third-order valence-electron chi connectivity index (χ3n) is 2.71. The topological polar surface area (TPSA) is 47.3 Å². The maximum absolute atomic E-state index is 6.26. The van der Waals surface area contributed by atoms with Crippen molar-refractivity contribution in [2.75, 3.05) is 6.61 Å². The molecule has 3 nitrogen and oxygen atoms in total. The average Bonchev–Trinajstić information content (AvgIpc) is 2.37. The first-order chi connectivity index (χ1) is 8.24. The highest BCUT2D eigenvalue weighted by molar-refractivity contribution is 9.10. The summed E-state index contributed by atoms with van der Waals surface area (Å²) in [4.78, 5) is 0. The van der Waals surface area contributed by atoms with Gasteiger partial charge >= 0.3 is 0 Å². The van der Waals surface area contributed by atoms with E-state index in [0.29, 0.717) is 5.02 Å². The van der Waals surface area contributed by atoms with Crippen molar-refractivity contribution >= 4 is 27.5 Å². The fraction of sp³-hybridized carbons (Fsp3) is 0.333. The lowest BCUT2D eigenvalue weighted by Gasteiger charge is -2.24. The van der Waals surface area contributed by atoms with E-state index >= 15 is 0 Å². The van der Waals surface area contributed by atoms with E-state index in [2.05, 4.69) is 27.4 Å². The molecule has 1 aromatic rings. The zero-order valence-corrected chi connectivity index (χ0v) is 11.6. The van der Waals surface area contributed by atoms with Crippen LogP contribution in [0.15, 0.2) is 34.5 Å². The Morgan fingerprint density at radius 2 is 2.29 bits per heavy atom. The molecule has 2 rings (SSSR count). The lowest BCUT2D eigenvalue weighted by atomic mass is 10.0. The van der Waals surface area contributed by atoms with E-state index in [9.17, 15) is 0 Å². The Morgan fingerprint density at radius 3 is 2.94 bits per heavy atom. The van der Waals surface area contributed by atoms with Crippen LogP contribution in [0.2, 0.25) is 5.02 Å². The van der Waals surface area contributed by atoms with Gasteiger partial charge < -0.3 is 4.74 Å². The first kappa shape index (κ1) is 12.9. The van der Waals surface area contributed by atoms with Gasteiger partial charge in [0, 0.05) is 4.47 Å². The molecule has 92 valence electrons. The van der Waals surface area contributed by atoms with Gasteiger partial charge in [-0.3, -0.25) is 5.84 Å². The molecule has 1 aliphatic heterocycles. The van der Waals surface area contributed by atoms with Crippen LogP contribution in [-0.4, -0.2) is 6.61 Å². The molecule has 0 bridgehead atoms. The lowest BCUT2D eigenvalue weighted by molar-refractivity contribution is 0.168. The summed E-state index contributed by atoms with van der Waals surface area (Å²) >= 11 is 9.67. The predicted molar refractivity (Wildman–Crippen MR) is 72.5 cm³/mol. The average molecular weight is 318 g/mol. The molecule has 1 aromatic carbocycles. The van der Waals surface area contributed by atoms with E-state index in [0.717, 1.165) is 35.2 Å². The maximum Gasteiger partial charge on any atom is 0.115 e. The summed E-state index contributed by atoms with van der Waals surface area (Å²) in [5.74, 6) is 6.46. The van der Waals surface area contributed by atoms with Crippen LogP contribution in [0.5, 0.6) is 0 Å². The van der Waals surface area contributed by atoms with Crippen molar-refractivity contribution < 1.29 is 4.74 Å². The SMILES string of the molecule is NNC(C1=CCCCO1)c1cccc(Br)c1Cl. The molecule has 1 heterocycles. The molecule has 3 N–H and O–H groups in total. The van der Waals surface area contributed by atoms with E-state index in [1.807, 2.05) is 18.2 Å². The Labute approximate surface area is 114 Å². The van der Waals surface area contributed by atoms with Crippen molar-refractivity contribution in [3.63, 3.8) is 0 Å². The summed E-state index contributed by atoms with van der Waals surface area (Å²) in [5, 5.41) is 0.658. The molecule has 5 heteroatoms. The predicted octanol–water partition coefficient (Wildman–Crippen LogP) is 3.30. The zero-order valence-electron chi connectivity index (χ0n) is 9.25. The van der Waals surface area contributed by atoms with Crippen molar-refractivity contribution in [2.45, 2.75) is 18.9 Å². The normalized spacial score (nSPS) is 17.2. The van der Waals surface area contributed by atoms with Crippen molar-refractivity contribution in [3.05, 3.63) is 45.1 Å². The highest BCUT2D eigenvalue weighted by Crippen LogP contribution is 2.34. The number of benzene rings is 1. The molecule has 1 atom stereocenters. The number of hydrazine groups is 1. The third-order valence-corrected chi connectivity index (χ3v) is 4.02. The van der Waals surface area contributed by atoms with Gasteiger partial charge in [-0.05, 0) is 46.5 Å². The molecular formula is C12H14BrClN2O. The largest absolute Gasteiger partial charge is 0.496 e. The quantitative estimate of drug-likeness (QED) is 0.664. The van der Waals surface area contributed by atoms with Crippen LogP contribution in [0.3, 0.4) is 0 Å². The summed E-state index contributed by atoms with van der Waals surface area (Å²) in [6.07, 6.45) is 4.12. The Hall–Kier alpha value is -0.550. The van der Waals surface area contributed by atoms with E-state index in [-0.39, 0.29) is 6.04 Å². The molecule has 1 unspecified atom stereocenters. The lowest BCUT2D eigenvalue weighted by Crippen LogP contribution is -2.31. The third kappa shape index (κ3) is 2.83. The van der Waals surface area contributed by atoms with Crippen molar-refractivity contribution in [1.82, 2.24) is 5.43 Å². The monoisotopic (exact) mass is 316 g/mol. The number of nitrogens with two attached hydrogens (primary N) is 1. The number of allylic oxidation sites excluding steroid dienone is 1. The second-order valence-corrected chi connectivity index (χ2v) is 5.07. The minimum absolute atomic E-state index is 0.194. The van der Waals surface area contributed by atoms with Crippen LogP contribution in [0.25, 0.3) is 0 Å². The number of halogens is 2. The fourth-order valence-corrected chi connectivity index (χ4v) is 2.46. The first-order valence-electron chi connectivity index (χ1n) is 5.47. The molecular weight excluding hydrogens is 304 g/mol. The molecule has 0 aromatic heterocycles. The smallest absolute Gasteiger partial charge is 0.115 e. The zero-order chi connectivity index (χ0) is 12.3. The van der Waals surface area contributed by atoms with E-state index in [1.54, 1.807) is 0 Å². The number of nitrogens with one attached hydrogen (secondary N) is 1. The molecule has 17 heavy (non-hydrogen) atoms. The van der Waals surface area contributed by atoms with E-state index < -0.39 is 0 Å². The van der Waals surface area contributed by atoms with Gasteiger partial charge in [0.25, 0.3) is 0 Å². The summed E-state index contributed by atoms with van der Waals surface area (Å²) < 4.78 is 6.48. The van der Waals surface area contributed by atoms with Crippen LogP contribution < -0.4 is 11.3 Å². The number of hydrogen-bond acceptors (Lipinski definition) is 3. The van der Waals surface area contributed by atoms with Gasteiger partial charge in [0.15, 0.2) is 0 Å². The highest BCUT2D eigenvalue weighted by atomic mass is 79.9. The van der Waals surface area contributed by atoms with Crippen LogP contribution in [0, 0.1) is 0 Å². The van der Waals surface area contributed by atoms with Gasteiger partial charge in [-0.25, -0.2) is 5.43 Å². The van der Waals surface area contributed by atoms with Crippen LogP contribution in [0.4, 0.5) is 0 Å². The molecule has 0 saturated heterocycles. The van der Waals surface area contributed by atoms with Gasteiger partial charge in [-0.15, -0.1) is 0 Å². The van der Waals surface area contributed by atoms with Crippen LogP contribution >= 0.6 is 27.5 Å². The number of hydrogen-bond donors (Lipinski definition) is 2. The number of ether oxygens (including phenoxy) is 1. The number of rotatable bonds is 3. The Bertz CT molecular complexity index is 437. The summed E-state index contributed by atoms with van der Waals surface area (Å²) in [6.45, 7) is 0.732. The molecule has 0 saturated carbocycles. The van der Waals surface area contributed by atoms with Crippen LogP contribution in [-0.2, 0) is 4.74 Å². The van der Waals surface area contributed by atoms with Crippen LogP contribution in [0.1, 0.15) is 24.4 Å². The van der Waals surface area contributed by atoms with Gasteiger partial charge in [0.1, 0.15) is 11.8 Å². The molecule has 0 aliphatic carbocycles. The molecule has 1 aliphatic rings. The Kier molecular flexibility index (Phi) is 4.45. The molecule has 0 fully saturated rings. The van der Waals surface area contributed by atoms with Gasteiger partial charge in [0.05, 0.1) is 11.6 Å². The fourth-order valence-electron chi connectivity index (χ4n) is 1.85. The molecule has 0 amide bonds. The van der Waals surface area contributed by atoms with Gasteiger partial charge in [0.2, 0.25) is 0 Å². The van der Waals surface area contributed by atoms with Gasteiger partial charge in [-0.1, -0.05) is 23.7 Å². The Balaban J connectivity index is 2.34. The van der Waals surface area contributed by atoms with E-state index in [4.69, 9.17) is 22.2 Å². The minimum Gasteiger partial charge on any atom is -0.496 e. The van der Waals surface area contributed by atoms with Crippen molar-refractivity contribution in [1.29, 1.82) is 0 Å². The van der Waals surface area contributed by atoms with Crippen molar-refractivity contribution in [3.8, 4) is 0 Å². The molecule has 0 radical (unpaired) electrons. The summed E-state index contributed by atoms with van der Waals surface area (Å²) in [5.41, 5.74) is 3.67. The summed E-state index contributed by atoms with van der Waals surface area (Å²) in [6, 6.07) is 5.57. The van der Waals surface area contributed by atoms with Gasteiger partial charge in [-0.2, -0.15) is 0 Å². The standard InChI is InChI=1S/C12H14BrClN2O/c13-9-5-3-4-8(11(9)14)12(16-15)10-6-1-2-7-17-10/h3-6,12,16H,1-2,7,15H2. The van der Waals surface area contributed by atoms with Crippen molar-refractivity contribution in [2.24, 2.45) is 5.84 Å². The first-order valence-corrected chi connectivity index (χ1v) is 6.64. The molecule has 0 spiro atoms. The van der Waals surface area contributed by atoms with E-state index in [1.165, 1.54) is 0 Å². The highest BCUT2D eigenvalue weighted by Gasteiger charge is 2.21. The second-order valence-electron chi connectivity index (χ2n) is 3.84.